The number of likely N-dealkylation sites (tertiary alicyclic amines) is 1. The van der Waals surface area contributed by atoms with E-state index in [1.165, 1.54) is 24.0 Å². The van der Waals surface area contributed by atoms with Crippen LogP contribution in [0.3, 0.4) is 0 Å². The van der Waals surface area contributed by atoms with E-state index in [1.54, 1.807) is 0 Å². The van der Waals surface area contributed by atoms with Crippen LogP contribution in [-0.4, -0.2) is 46.7 Å². The van der Waals surface area contributed by atoms with Gasteiger partial charge < -0.3 is 15.2 Å². The lowest BCUT2D eigenvalue weighted by molar-refractivity contribution is -0.205. The zero-order chi connectivity index (χ0) is 23.6. The number of aliphatic hydroxyl groups is 1. The minimum absolute atomic E-state index is 0.105. The number of carbonyl (C=O) groups is 1. The van der Waals surface area contributed by atoms with Crippen molar-refractivity contribution in [3.8, 4) is 5.75 Å². The van der Waals surface area contributed by atoms with Crippen molar-refractivity contribution in [2.24, 2.45) is 17.3 Å². The van der Waals surface area contributed by atoms with E-state index in [1.807, 2.05) is 36.4 Å². The van der Waals surface area contributed by atoms with Crippen LogP contribution in [0.4, 0.5) is 5.69 Å². The van der Waals surface area contributed by atoms with E-state index < -0.39 is 17.6 Å². The molecule has 3 fully saturated rings. The van der Waals surface area contributed by atoms with Crippen LogP contribution < -0.4 is 10.1 Å². The molecule has 3 unspecified atom stereocenters. The van der Waals surface area contributed by atoms with Gasteiger partial charge in [-0.2, -0.15) is 0 Å². The molecule has 5 aliphatic carbocycles. The maximum atomic E-state index is 13.8. The summed E-state index contributed by atoms with van der Waals surface area (Å²) in [5, 5.41) is 15.4. The molecule has 2 heterocycles. The third kappa shape index (κ3) is 2.39. The Morgan fingerprint density at radius 1 is 1.17 bits per heavy atom. The maximum Gasteiger partial charge on any atom is 0.230 e. The van der Waals surface area contributed by atoms with Gasteiger partial charge >= 0.3 is 0 Å². The summed E-state index contributed by atoms with van der Waals surface area (Å²) < 4.78 is 6.80. The fraction of sp³-hybridized carbons (Fsp3) is 0.500. The molecule has 1 saturated heterocycles. The standard InChI is InChI=1S/C30H32N2O3/c1-18-7-10-20-15-23-28-11-12-30(34,22(16-28)26(33)31-21-5-3-2-4-6-21)27-29(28,24(20)25(18)35-27)13-14-32(23)17-19-8-9-19/h2-7,10-12,19,22-23,27,34H,8-9,13-17H2,1H3,(H,31,33)/t22-,23?,27-,28-,29?,30?/m1/s1. The molecule has 180 valence electrons. The van der Waals surface area contributed by atoms with E-state index in [0.29, 0.717) is 12.5 Å². The summed E-state index contributed by atoms with van der Waals surface area (Å²) in [7, 11) is 0. The van der Waals surface area contributed by atoms with Crippen LogP contribution in [0, 0.1) is 24.2 Å². The summed E-state index contributed by atoms with van der Waals surface area (Å²) in [5.41, 5.74) is 2.83. The van der Waals surface area contributed by atoms with Crippen LogP contribution in [0.15, 0.2) is 54.6 Å². The van der Waals surface area contributed by atoms with Crippen LogP contribution >= 0.6 is 0 Å². The van der Waals surface area contributed by atoms with Gasteiger partial charge in [-0.1, -0.05) is 42.5 Å². The van der Waals surface area contributed by atoms with E-state index in [2.05, 4.69) is 35.3 Å². The average Bonchev–Trinajstić information content (AvgIpc) is 3.60. The maximum absolute atomic E-state index is 13.8. The fourth-order valence-electron chi connectivity index (χ4n) is 8.68. The summed E-state index contributed by atoms with van der Waals surface area (Å²) in [4.78, 5) is 16.5. The summed E-state index contributed by atoms with van der Waals surface area (Å²) in [6.45, 7) is 4.31. The van der Waals surface area contributed by atoms with Crippen molar-refractivity contribution in [3.63, 3.8) is 0 Å². The van der Waals surface area contributed by atoms with Gasteiger partial charge in [-0.15, -0.1) is 0 Å². The van der Waals surface area contributed by atoms with Gasteiger partial charge in [0.1, 0.15) is 17.5 Å². The summed E-state index contributed by atoms with van der Waals surface area (Å²) >= 11 is 0. The predicted octanol–water partition coefficient (Wildman–Crippen LogP) is 3.98. The number of aryl methyl sites for hydroxylation is 1. The largest absolute Gasteiger partial charge is 0.485 e. The highest BCUT2D eigenvalue weighted by molar-refractivity contribution is 5.94. The van der Waals surface area contributed by atoms with E-state index in [4.69, 9.17) is 4.74 Å². The van der Waals surface area contributed by atoms with E-state index >= 15 is 0 Å². The molecule has 5 nitrogen and oxygen atoms in total. The van der Waals surface area contributed by atoms with Gasteiger partial charge in [-0.3, -0.25) is 9.69 Å². The number of nitrogens with one attached hydrogen (secondary N) is 1. The number of ether oxygens (including phenoxy) is 1. The number of piperidine rings is 1. The molecule has 2 N–H and O–H groups in total. The highest BCUT2D eigenvalue weighted by atomic mass is 16.5. The van der Waals surface area contributed by atoms with Crippen molar-refractivity contribution < 1.29 is 14.6 Å². The third-order valence-electron chi connectivity index (χ3n) is 10.4. The number of rotatable bonds is 4. The van der Waals surface area contributed by atoms with Gasteiger partial charge in [0, 0.05) is 29.3 Å². The van der Waals surface area contributed by atoms with Crippen molar-refractivity contribution in [3.05, 3.63) is 71.3 Å². The molecular weight excluding hydrogens is 436 g/mol. The fourth-order valence-corrected chi connectivity index (χ4v) is 8.68. The molecule has 2 aromatic rings. The Morgan fingerprint density at radius 3 is 2.80 bits per heavy atom. The van der Waals surface area contributed by atoms with Gasteiger partial charge in [0.15, 0.2) is 0 Å². The van der Waals surface area contributed by atoms with Crippen LogP contribution in [0.25, 0.3) is 0 Å². The zero-order valence-corrected chi connectivity index (χ0v) is 20.2. The minimum atomic E-state index is -1.33. The van der Waals surface area contributed by atoms with Crippen molar-refractivity contribution >= 4 is 11.6 Å². The molecule has 35 heavy (non-hydrogen) atoms. The lowest BCUT2D eigenvalue weighted by atomic mass is 9.37. The number of para-hydroxylation sites is 1. The monoisotopic (exact) mass is 468 g/mol. The third-order valence-corrected chi connectivity index (χ3v) is 10.4. The molecule has 2 aromatic carbocycles. The zero-order valence-electron chi connectivity index (χ0n) is 20.2. The van der Waals surface area contributed by atoms with Gasteiger partial charge in [-0.25, -0.2) is 0 Å². The number of fused-ring (bicyclic) bond motifs is 1. The Kier molecular flexibility index (Phi) is 3.86. The molecule has 0 aromatic heterocycles. The normalized spacial score (nSPS) is 39.8. The Hall–Kier alpha value is -2.63. The highest BCUT2D eigenvalue weighted by Crippen LogP contribution is 2.73. The molecule has 2 aliphatic heterocycles. The van der Waals surface area contributed by atoms with Gasteiger partial charge in [-0.05, 0) is 74.8 Å². The number of anilines is 1. The molecule has 0 radical (unpaired) electrons. The predicted molar refractivity (Wildman–Crippen MR) is 133 cm³/mol. The first kappa shape index (κ1) is 20.6. The SMILES string of the molecule is Cc1ccc2c3c1O[C@H]1C4(O)C=C[C@@]5(C[C@@H]4C(=O)Nc4ccccc4)C(C2)N(CC2CC2)CCC315. The van der Waals surface area contributed by atoms with Gasteiger partial charge in [0.05, 0.1) is 11.3 Å². The number of nitrogens with zero attached hydrogens (tertiary/aromatic N) is 1. The summed E-state index contributed by atoms with van der Waals surface area (Å²) in [6, 6.07) is 14.4. The first-order chi connectivity index (χ1) is 17.0. The molecule has 9 rings (SSSR count). The topological polar surface area (TPSA) is 61.8 Å². The average molecular weight is 469 g/mol. The van der Waals surface area contributed by atoms with E-state index in [0.717, 1.165) is 48.8 Å². The Balaban J connectivity index is 1.29. The molecule has 7 aliphatic rings. The lowest BCUT2D eigenvalue weighted by Crippen LogP contribution is -2.79. The first-order valence-electron chi connectivity index (χ1n) is 13.3. The van der Waals surface area contributed by atoms with Crippen molar-refractivity contribution in [1.82, 2.24) is 4.90 Å². The van der Waals surface area contributed by atoms with Gasteiger partial charge in [0.25, 0.3) is 0 Å². The number of benzene rings is 2. The Morgan fingerprint density at radius 2 is 2.00 bits per heavy atom. The number of amides is 1. The second kappa shape index (κ2) is 6.57. The molecule has 6 atom stereocenters. The van der Waals surface area contributed by atoms with Crippen molar-refractivity contribution in [2.75, 3.05) is 18.4 Å². The Labute approximate surface area is 206 Å². The Bertz CT molecular complexity index is 1290. The molecular formula is C30H32N2O3. The molecule has 5 heteroatoms. The molecule has 1 amide bonds. The minimum Gasteiger partial charge on any atom is -0.485 e. The second-order valence-corrected chi connectivity index (χ2v) is 12.0. The smallest absolute Gasteiger partial charge is 0.230 e. The molecule has 2 saturated carbocycles. The first-order valence-corrected chi connectivity index (χ1v) is 13.3. The van der Waals surface area contributed by atoms with Crippen LogP contribution in [0.1, 0.15) is 42.4 Å². The lowest BCUT2D eigenvalue weighted by Gasteiger charge is -2.70. The number of hydrogen-bond acceptors (Lipinski definition) is 4. The highest BCUT2D eigenvalue weighted by Gasteiger charge is 2.79. The second-order valence-electron chi connectivity index (χ2n) is 12.0. The van der Waals surface area contributed by atoms with Crippen molar-refractivity contribution in [2.45, 2.75) is 62.2 Å². The van der Waals surface area contributed by atoms with Crippen LogP contribution in [0.2, 0.25) is 0 Å². The number of carbonyl (C=O) groups excluding carboxylic acids is 1. The van der Waals surface area contributed by atoms with Crippen LogP contribution in [-0.2, 0) is 16.6 Å². The summed E-state index contributed by atoms with van der Waals surface area (Å²) in [6.07, 6.45) is 9.15. The van der Waals surface area contributed by atoms with Crippen LogP contribution in [0.5, 0.6) is 5.75 Å². The van der Waals surface area contributed by atoms with E-state index in [9.17, 15) is 9.90 Å². The van der Waals surface area contributed by atoms with Crippen molar-refractivity contribution in [1.29, 1.82) is 0 Å². The van der Waals surface area contributed by atoms with Gasteiger partial charge in [0.2, 0.25) is 5.91 Å². The quantitative estimate of drug-likeness (QED) is 0.667. The molecule has 4 bridgehead atoms. The summed E-state index contributed by atoms with van der Waals surface area (Å²) in [5.74, 6) is 1.13. The van der Waals surface area contributed by atoms with E-state index in [-0.39, 0.29) is 16.7 Å². The number of hydrogen-bond donors (Lipinski definition) is 2. The molecule has 2 spiro atoms.